The van der Waals surface area contributed by atoms with Gasteiger partial charge in [0, 0.05) is 32.2 Å². The van der Waals surface area contributed by atoms with Gasteiger partial charge in [-0.05, 0) is 90.4 Å². The maximum absolute atomic E-state index is 14.4. The largest absolute Gasteiger partial charge is 0.465 e. The van der Waals surface area contributed by atoms with E-state index in [4.69, 9.17) is 30.9 Å². The average Bonchev–Trinajstić information content (AvgIpc) is 3.94. The number of benzene rings is 2. The number of esters is 2. The first-order chi connectivity index (χ1) is 28.1. The van der Waals surface area contributed by atoms with Gasteiger partial charge in [-0.25, -0.2) is 0 Å². The Morgan fingerprint density at radius 1 is 0.983 bits per heavy atom. The topological polar surface area (TPSA) is 158 Å². The Kier molecular flexibility index (Phi) is 18.3. The van der Waals surface area contributed by atoms with Crippen molar-refractivity contribution < 1.29 is 33.0 Å². The number of unbranched alkanes of at least 4 members (excludes halogenated alkanes) is 3. The highest BCUT2D eigenvalue weighted by molar-refractivity contribution is 8.25. The van der Waals surface area contributed by atoms with Crippen LogP contribution in [-0.4, -0.2) is 89.7 Å². The van der Waals surface area contributed by atoms with E-state index in [-0.39, 0.29) is 50.9 Å². The number of carbonyl (C=O) groups excluding carboxylic acids is 3. The Hall–Kier alpha value is -3.94. The molecule has 15 heteroatoms. The maximum atomic E-state index is 14.4. The summed E-state index contributed by atoms with van der Waals surface area (Å²) in [6.07, 6.45) is 6.19. The summed E-state index contributed by atoms with van der Waals surface area (Å²) in [5, 5.41) is 22.1. The molecule has 1 fully saturated rings. The quantitative estimate of drug-likeness (QED) is 0.0271. The Balaban J connectivity index is 1.43. The normalized spacial score (nSPS) is 16.7. The predicted octanol–water partition coefficient (Wildman–Crippen LogP) is 8.31. The number of rotatable bonds is 26. The molecule has 2 aromatic carbocycles. The Labute approximate surface area is 360 Å². The number of amides is 1. The Morgan fingerprint density at radius 3 is 2.32 bits per heavy atom. The summed E-state index contributed by atoms with van der Waals surface area (Å²) < 4.78 is 23.7. The minimum absolute atomic E-state index is 0.0215. The van der Waals surface area contributed by atoms with Gasteiger partial charge >= 0.3 is 11.9 Å². The molecule has 59 heavy (non-hydrogen) atoms. The fourth-order valence-electron chi connectivity index (χ4n) is 7.01. The van der Waals surface area contributed by atoms with Gasteiger partial charge in [0.15, 0.2) is 8.32 Å². The second-order valence-corrected chi connectivity index (χ2v) is 23.4. The fraction of sp³-hybridized carbons (Fsp3) is 0.568. The lowest BCUT2D eigenvalue weighted by molar-refractivity contribution is -0.159. The summed E-state index contributed by atoms with van der Waals surface area (Å²) in [5.74, 6) is -1.20. The van der Waals surface area contributed by atoms with Gasteiger partial charge < -0.3 is 24.0 Å². The molecule has 1 aliphatic heterocycles. The molecule has 1 aromatic heterocycles. The van der Waals surface area contributed by atoms with Crippen molar-refractivity contribution >= 4 is 54.3 Å². The van der Waals surface area contributed by atoms with Crippen LogP contribution < -0.4 is 5.32 Å². The van der Waals surface area contributed by atoms with Crippen molar-refractivity contribution in [3.63, 3.8) is 0 Å². The summed E-state index contributed by atoms with van der Waals surface area (Å²) in [6.45, 7) is 11.5. The van der Waals surface area contributed by atoms with Crippen LogP contribution in [0.4, 0.5) is 0 Å². The number of hydrogen-bond acceptors (Lipinski definition) is 12. The number of aryl methyl sites for hydroxylation is 1. The number of nitrogens with one attached hydrogen (secondary N) is 1. The summed E-state index contributed by atoms with van der Waals surface area (Å²) in [4.78, 5) is 41.3. The predicted molar refractivity (Wildman–Crippen MR) is 237 cm³/mol. The van der Waals surface area contributed by atoms with Crippen molar-refractivity contribution in [3.05, 3.63) is 72.4 Å². The van der Waals surface area contributed by atoms with Crippen LogP contribution in [0, 0.1) is 22.2 Å². The molecule has 12 nitrogen and oxygen atoms in total. The molecule has 0 bridgehead atoms. The summed E-state index contributed by atoms with van der Waals surface area (Å²) in [7, 11) is -0.0108. The molecule has 4 unspecified atom stereocenters. The lowest BCUT2D eigenvalue weighted by Crippen LogP contribution is -2.46. The maximum Gasteiger partial charge on any atom is 0.322 e. The molecule has 2 heterocycles. The van der Waals surface area contributed by atoms with Gasteiger partial charge in [-0.15, -0.1) is 5.10 Å². The van der Waals surface area contributed by atoms with Gasteiger partial charge in [0.2, 0.25) is 5.91 Å². The number of ether oxygens (including phenoxy) is 3. The van der Waals surface area contributed by atoms with E-state index in [9.17, 15) is 19.6 Å². The van der Waals surface area contributed by atoms with E-state index in [1.165, 1.54) is 11.8 Å². The van der Waals surface area contributed by atoms with Crippen molar-refractivity contribution in [3.8, 4) is 17.3 Å². The van der Waals surface area contributed by atoms with Crippen LogP contribution in [0.25, 0.3) is 11.3 Å². The van der Waals surface area contributed by atoms with E-state index in [2.05, 4.69) is 34.8 Å². The number of thiocarbonyl (C=S) groups is 1. The Bertz CT molecular complexity index is 1870. The van der Waals surface area contributed by atoms with Crippen molar-refractivity contribution in [2.75, 3.05) is 33.5 Å². The minimum atomic E-state index is -1.74. The zero-order chi connectivity index (χ0) is 42.9. The highest BCUT2D eigenvalue weighted by Crippen LogP contribution is 2.47. The van der Waals surface area contributed by atoms with Crippen LogP contribution >= 0.6 is 24.0 Å². The third-order valence-corrected chi connectivity index (χ3v) is 15.0. The summed E-state index contributed by atoms with van der Waals surface area (Å²) in [6, 6.07) is 22.6. The standard InChI is InChI=1S/C44H61N5O7S2Si/c1-42(33-45,23-22-38(50)46-24-17-27-59(5,6)53-4)31-43(2,32-44(3,41(52)56-30-36-29-55-36)58-39(57)35-20-13-10-14-21-35)40(51)54-26-16-8-7-15-25-49-28-37(47-48-49)34-18-11-9-12-19-34/h9-14,18-21,28,36H,7-8,15-17,22-27,29-32H2,1-6H3,(H,46,50). The zero-order valence-corrected chi connectivity index (χ0v) is 38.1. The monoisotopic (exact) mass is 863 g/mol. The molecule has 1 amide bonds. The number of thioether (sulfide) groups is 1. The van der Waals surface area contributed by atoms with Crippen LogP contribution in [0.3, 0.4) is 0 Å². The SMILES string of the molecule is CO[Si](C)(C)CCCNC(=O)CCC(C)(C#N)CC(C)(CC(C)(SC(=S)c1ccccc1)C(=O)OCC1CO1)C(=O)OCCCCCCn1cc(-c2ccccc2)nn1. The van der Waals surface area contributed by atoms with E-state index in [1.54, 1.807) is 27.9 Å². The van der Waals surface area contributed by atoms with E-state index >= 15 is 0 Å². The molecule has 3 aromatic rings. The molecular formula is C44H61N5O7S2Si. The lowest BCUT2D eigenvalue weighted by Gasteiger charge is -2.39. The van der Waals surface area contributed by atoms with Gasteiger partial charge in [0.1, 0.15) is 23.2 Å². The number of carbonyl (C=O) groups is 3. The van der Waals surface area contributed by atoms with Gasteiger partial charge in [-0.3, -0.25) is 19.1 Å². The number of hydrogen-bond donors (Lipinski definition) is 1. The lowest BCUT2D eigenvalue weighted by atomic mass is 9.68. The van der Waals surface area contributed by atoms with Gasteiger partial charge in [0.25, 0.3) is 0 Å². The highest BCUT2D eigenvalue weighted by Gasteiger charge is 2.51. The number of nitriles is 1. The molecule has 1 N–H and O–H groups in total. The van der Waals surface area contributed by atoms with E-state index < -0.39 is 35.8 Å². The molecule has 0 saturated carbocycles. The molecule has 1 saturated heterocycles. The summed E-state index contributed by atoms with van der Waals surface area (Å²) >= 11 is 7.01. The molecule has 320 valence electrons. The molecule has 0 spiro atoms. The van der Waals surface area contributed by atoms with E-state index in [0.717, 1.165) is 55.1 Å². The van der Waals surface area contributed by atoms with Crippen LogP contribution in [0.1, 0.15) is 84.1 Å². The average molecular weight is 864 g/mol. The second kappa shape index (κ2) is 22.6. The summed E-state index contributed by atoms with van der Waals surface area (Å²) in [5.41, 5.74) is 0.185. The van der Waals surface area contributed by atoms with Crippen LogP contribution in [0.5, 0.6) is 0 Å². The first kappa shape index (κ1) is 47.7. The molecular weight excluding hydrogens is 803 g/mol. The molecule has 4 rings (SSSR count). The van der Waals surface area contributed by atoms with Crippen LogP contribution in [0.15, 0.2) is 66.9 Å². The number of aromatic nitrogens is 3. The van der Waals surface area contributed by atoms with E-state index in [0.29, 0.717) is 23.8 Å². The Morgan fingerprint density at radius 2 is 1.66 bits per heavy atom. The molecule has 0 aliphatic carbocycles. The zero-order valence-electron chi connectivity index (χ0n) is 35.5. The second-order valence-electron chi connectivity index (χ2n) is 16.8. The van der Waals surface area contributed by atoms with Gasteiger partial charge in [-0.2, -0.15) is 5.26 Å². The first-order valence-corrected chi connectivity index (χ1v) is 24.9. The molecule has 0 radical (unpaired) electrons. The molecule has 4 atom stereocenters. The third-order valence-electron chi connectivity index (χ3n) is 10.7. The molecule has 1 aliphatic rings. The number of epoxide rings is 1. The fourth-order valence-corrected chi connectivity index (χ4v) is 10.1. The van der Waals surface area contributed by atoms with Gasteiger partial charge in [0.05, 0.1) is 40.5 Å². The van der Waals surface area contributed by atoms with Crippen molar-refractivity contribution in [2.24, 2.45) is 10.8 Å². The van der Waals surface area contributed by atoms with Crippen molar-refractivity contribution in [1.29, 1.82) is 5.26 Å². The van der Waals surface area contributed by atoms with E-state index in [1.807, 2.05) is 71.5 Å². The number of nitrogens with zero attached hydrogens (tertiary/aromatic N) is 4. The minimum Gasteiger partial charge on any atom is -0.465 e. The van der Waals surface area contributed by atoms with Crippen LogP contribution in [0.2, 0.25) is 19.1 Å². The highest BCUT2D eigenvalue weighted by atomic mass is 32.2. The van der Waals surface area contributed by atoms with Crippen molar-refractivity contribution in [2.45, 2.75) is 115 Å². The first-order valence-electron chi connectivity index (χ1n) is 20.5. The smallest absolute Gasteiger partial charge is 0.322 e. The van der Waals surface area contributed by atoms with Crippen LogP contribution in [-0.2, 0) is 39.6 Å². The van der Waals surface area contributed by atoms with Crippen molar-refractivity contribution in [1.82, 2.24) is 20.3 Å². The van der Waals surface area contributed by atoms with Gasteiger partial charge in [-0.1, -0.05) is 96.3 Å². The third kappa shape index (κ3) is 15.9.